The molecular formula is C31H36Cl3N3O4S. The van der Waals surface area contributed by atoms with Crippen molar-refractivity contribution < 1.29 is 18.0 Å². The third-order valence-electron chi connectivity index (χ3n) is 6.68. The van der Waals surface area contributed by atoms with E-state index in [0.29, 0.717) is 32.7 Å². The average Bonchev–Trinajstić information content (AvgIpc) is 2.90. The number of amides is 2. The molecule has 0 aromatic heterocycles. The van der Waals surface area contributed by atoms with Gasteiger partial charge in [-0.15, -0.1) is 0 Å². The summed E-state index contributed by atoms with van der Waals surface area (Å²) in [4.78, 5) is 29.0. The third kappa shape index (κ3) is 8.40. The zero-order valence-corrected chi connectivity index (χ0v) is 27.6. The number of nitrogens with one attached hydrogen (secondary N) is 1. The lowest BCUT2D eigenvalue weighted by Crippen LogP contribution is -2.55. The highest BCUT2D eigenvalue weighted by Crippen LogP contribution is 2.28. The highest BCUT2D eigenvalue weighted by atomic mass is 35.5. The van der Waals surface area contributed by atoms with E-state index in [0.717, 1.165) is 15.4 Å². The number of benzene rings is 3. The molecule has 7 nitrogen and oxygen atoms in total. The van der Waals surface area contributed by atoms with E-state index < -0.39 is 34.1 Å². The molecule has 0 aliphatic heterocycles. The fourth-order valence-electron chi connectivity index (χ4n) is 4.35. The number of rotatable bonds is 10. The normalized spacial score (nSPS) is 12.5. The number of carbonyl (C=O) groups excluding carboxylic acids is 2. The number of halogens is 3. The topological polar surface area (TPSA) is 86.8 Å². The minimum absolute atomic E-state index is 0.00749. The largest absolute Gasteiger partial charge is 0.350 e. The summed E-state index contributed by atoms with van der Waals surface area (Å²) in [7, 11) is -4.21. The summed E-state index contributed by atoms with van der Waals surface area (Å²) >= 11 is 18.4. The van der Waals surface area contributed by atoms with Crippen LogP contribution in [0.15, 0.2) is 65.6 Å². The molecule has 3 rings (SSSR count). The van der Waals surface area contributed by atoms with Gasteiger partial charge < -0.3 is 10.2 Å². The molecule has 0 heterocycles. The quantitative estimate of drug-likeness (QED) is 0.251. The van der Waals surface area contributed by atoms with Crippen molar-refractivity contribution >= 4 is 62.3 Å². The molecule has 0 aliphatic carbocycles. The lowest BCUT2D eigenvalue weighted by Gasteiger charge is -2.35. The van der Waals surface area contributed by atoms with Crippen molar-refractivity contribution in [2.24, 2.45) is 0 Å². The first-order valence-electron chi connectivity index (χ1n) is 13.4. The number of hydrogen-bond acceptors (Lipinski definition) is 4. The molecule has 1 atom stereocenters. The Morgan fingerprint density at radius 2 is 1.52 bits per heavy atom. The highest BCUT2D eigenvalue weighted by molar-refractivity contribution is 7.92. The van der Waals surface area contributed by atoms with E-state index in [2.05, 4.69) is 5.32 Å². The van der Waals surface area contributed by atoms with Crippen molar-refractivity contribution in [2.45, 2.75) is 71.0 Å². The van der Waals surface area contributed by atoms with Gasteiger partial charge in [0.15, 0.2) is 0 Å². The van der Waals surface area contributed by atoms with E-state index in [-0.39, 0.29) is 17.3 Å². The van der Waals surface area contributed by atoms with Crippen LogP contribution in [0.3, 0.4) is 0 Å². The smallest absolute Gasteiger partial charge is 0.264 e. The van der Waals surface area contributed by atoms with Gasteiger partial charge >= 0.3 is 0 Å². The van der Waals surface area contributed by atoms with Crippen molar-refractivity contribution in [2.75, 3.05) is 10.8 Å². The van der Waals surface area contributed by atoms with Crippen molar-refractivity contribution in [1.29, 1.82) is 0 Å². The molecule has 42 heavy (non-hydrogen) atoms. The zero-order valence-electron chi connectivity index (χ0n) is 24.5. The average molecular weight is 653 g/mol. The molecule has 0 radical (unpaired) electrons. The molecule has 0 fully saturated rings. The van der Waals surface area contributed by atoms with E-state index >= 15 is 0 Å². The highest BCUT2D eigenvalue weighted by Gasteiger charge is 2.34. The Kier molecular flexibility index (Phi) is 11.0. The van der Waals surface area contributed by atoms with Crippen LogP contribution in [0.25, 0.3) is 0 Å². The van der Waals surface area contributed by atoms with Gasteiger partial charge in [0.25, 0.3) is 10.0 Å². The number of anilines is 1. The predicted molar refractivity (Wildman–Crippen MR) is 171 cm³/mol. The van der Waals surface area contributed by atoms with E-state index in [9.17, 15) is 18.0 Å². The summed E-state index contributed by atoms with van der Waals surface area (Å²) in [6.07, 6.45) is 0.294. The Balaban J connectivity index is 2.11. The van der Waals surface area contributed by atoms with Crippen LogP contribution in [0.2, 0.25) is 15.1 Å². The first-order chi connectivity index (χ1) is 19.5. The Hall–Kier alpha value is -2.78. The van der Waals surface area contributed by atoms with Crippen molar-refractivity contribution in [3.63, 3.8) is 0 Å². The molecule has 226 valence electrons. The Morgan fingerprint density at radius 1 is 0.881 bits per heavy atom. The summed E-state index contributed by atoms with van der Waals surface area (Å²) < 4.78 is 29.1. The number of carbonyl (C=O) groups is 2. The van der Waals surface area contributed by atoms with Gasteiger partial charge in [0, 0.05) is 17.1 Å². The van der Waals surface area contributed by atoms with Crippen LogP contribution in [0.5, 0.6) is 0 Å². The molecule has 0 aliphatic rings. The van der Waals surface area contributed by atoms with Crippen molar-refractivity contribution in [3.8, 4) is 0 Å². The number of aryl methyl sites for hydroxylation is 2. The van der Waals surface area contributed by atoms with Crippen LogP contribution >= 0.6 is 34.8 Å². The van der Waals surface area contributed by atoms with Crippen LogP contribution < -0.4 is 9.62 Å². The third-order valence-corrected chi connectivity index (χ3v) is 9.46. The van der Waals surface area contributed by atoms with Gasteiger partial charge in [-0.2, -0.15) is 0 Å². The maximum absolute atomic E-state index is 14.2. The van der Waals surface area contributed by atoms with Gasteiger partial charge in [-0.25, -0.2) is 8.42 Å². The SMILES string of the molecule is CC[C@@H](C(=O)NC(C)(C)C)N(Cc1ccc(Cl)c(Cl)c1)C(=O)CN(c1ccc(C)c(C)c1)S(=O)(=O)c1ccc(Cl)cc1. The van der Waals surface area contributed by atoms with Crippen LogP contribution in [0.4, 0.5) is 5.69 Å². The minimum Gasteiger partial charge on any atom is -0.350 e. The van der Waals surface area contributed by atoms with Gasteiger partial charge in [-0.3, -0.25) is 13.9 Å². The van der Waals surface area contributed by atoms with Gasteiger partial charge in [0.1, 0.15) is 12.6 Å². The molecule has 0 saturated carbocycles. The molecular weight excluding hydrogens is 617 g/mol. The predicted octanol–water partition coefficient (Wildman–Crippen LogP) is 7.18. The van der Waals surface area contributed by atoms with E-state index in [1.807, 2.05) is 34.6 Å². The molecule has 0 unspecified atom stereocenters. The second-order valence-corrected chi connectivity index (χ2v) is 14.3. The lowest BCUT2D eigenvalue weighted by atomic mass is 10.1. The van der Waals surface area contributed by atoms with Crippen molar-refractivity contribution in [3.05, 3.63) is 92.4 Å². The summed E-state index contributed by atoms with van der Waals surface area (Å²) in [6.45, 7) is 10.6. The standard InChI is InChI=1S/C31H36Cl3N3O4S/c1-7-28(30(39)35-31(4,5)6)36(18-22-9-15-26(33)27(34)17-22)29(38)19-37(24-12-8-20(2)21(3)16-24)42(40,41)25-13-10-23(32)11-14-25/h8-17,28H,7,18-19H2,1-6H3,(H,35,39)/t28-/m0/s1. The molecule has 3 aromatic carbocycles. The van der Waals surface area contributed by atoms with Crippen LogP contribution in [-0.2, 0) is 26.2 Å². The maximum Gasteiger partial charge on any atom is 0.264 e. The second kappa shape index (κ2) is 13.7. The van der Waals surface area contributed by atoms with E-state index in [4.69, 9.17) is 34.8 Å². The number of hydrogen-bond donors (Lipinski definition) is 1. The van der Waals surface area contributed by atoms with Gasteiger partial charge in [0.05, 0.1) is 20.6 Å². The van der Waals surface area contributed by atoms with E-state index in [1.54, 1.807) is 43.3 Å². The molecule has 2 amide bonds. The van der Waals surface area contributed by atoms with Crippen LogP contribution in [0, 0.1) is 13.8 Å². The molecule has 11 heteroatoms. The van der Waals surface area contributed by atoms with Crippen LogP contribution in [0.1, 0.15) is 50.8 Å². The zero-order chi connectivity index (χ0) is 31.4. The summed E-state index contributed by atoms with van der Waals surface area (Å²) in [6, 6.07) is 15.0. The molecule has 0 bridgehead atoms. The molecule has 0 saturated heterocycles. The molecule has 3 aromatic rings. The first-order valence-corrected chi connectivity index (χ1v) is 16.0. The minimum atomic E-state index is -4.21. The Morgan fingerprint density at radius 3 is 2.07 bits per heavy atom. The number of sulfonamides is 1. The van der Waals surface area contributed by atoms with E-state index in [1.165, 1.54) is 29.2 Å². The summed E-state index contributed by atoms with van der Waals surface area (Å²) in [5.41, 5.74) is 2.24. The van der Waals surface area contributed by atoms with Gasteiger partial charge in [-0.1, -0.05) is 53.9 Å². The van der Waals surface area contributed by atoms with Gasteiger partial charge in [0.2, 0.25) is 11.8 Å². The second-order valence-electron chi connectivity index (χ2n) is 11.2. The number of nitrogens with zero attached hydrogens (tertiary/aromatic N) is 2. The fraction of sp³-hybridized carbons (Fsp3) is 0.355. The Bertz CT molecular complexity index is 1550. The summed E-state index contributed by atoms with van der Waals surface area (Å²) in [5, 5.41) is 3.98. The first kappa shape index (κ1) is 33.7. The van der Waals surface area contributed by atoms with Crippen LogP contribution in [-0.4, -0.2) is 43.3 Å². The molecule has 0 spiro atoms. The Labute approximate surface area is 263 Å². The fourth-order valence-corrected chi connectivity index (χ4v) is 6.20. The van der Waals surface area contributed by atoms with Gasteiger partial charge in [-0.05, 0) is 106 Å². The lowest BCUT2D eigenvalue weighted by molar-refractivity contribution is -0.141. The molecule has 1 N–H and O–H groups in total. The maximum atomic E-state index is 14.2. The van der Waals surface area contributed by atoms with Crippen molar-refractivity contribution in [1.82, 2.24) is 10.2 Å². The summed E-state index contributed by atoms with van der Waals surface area (Å²) in [5.74, 6) is -0.913. The monoisotopic (exact) mass is 651 g/mol.